The van der Waals surface area contributed by atoms with Gasteiger partial charge in [0.15, 0.2) is 5.82 Å². The lowest BCUT2D eigenvalue weighted by molar-refractivity contribution is 0.354. The molecule has 0 radical (unpaired) electrons. The maximum Gasteiger partial charge on any atom is 0.165 e. The average Bonchev–Trinajstić information content (AvgIpc) is 3.71. The molecule has 1 saturated carbocycles. The van der Waals surface area contributed by atoms with Gasteiger partial charge in [0.1, 0.15) is 5.69 Å². The van der Waals surface area contributed by atoms with Crippen molar-refractivity contribution in [3.05, 3.63) is 163 Å². The van der Waals surface area contributed by atoms with E-state index in [2.05, 4.69) is 156 Å². The van der Waals surface area contributed by atoms with E-state index in [1.807, 2.05) is 0 Å². The molecule has 250 valence electrons. The second-order valence-electron chi connectivity index (χ2n) is 15.2. The maximum absolute atomic E-state index is 5.67. The Hall–Kier alpha value is -6.32. The van der Waals surface area contributed by atoms with Crippen molar-refractivity contribution in [2.75, 3.05) is 0 Å². The smallest absolute Gasteiger partial charge is 0.165 e. The van der Waals surface area contributed by atoms with E-state index in [1.54, 1.807) is 0 Å². The molecule has 3 nitrogen and oxygen atoms in total. The van der Waals surface area contributed by atoms with Crippen molar-refractivity contribution in [2.45, 2.75) is 37.5 Å². The summed E-state index contributed by atoms with van der Waals surface area (Å²) in [6.45, 7) is 0. The molecule has 1 fully saturated rings. The number of benzene rings is 8. The first-order valence-corrected chi connectivity index (χ1v) is 19.1. The predicted molar refractivity (Wildman–Crippen MR) is 221 cm³/mol. The first-order chi connectivity index (χ1) is 26.3. The molecule has 1 spiro atoms. The second kappa shape index (κ2) is 10.8. The second-order valence-corrected chi connectivity index (χ2v) is 15.2. The molecule has 2 aliphatic carbocycles. The van der Waals surface area contributed by atoms with Gasteiger partial charge in [0, 0.05) is 27.1 Å². The van der Waals surface area contributed by atoms with Crippen molar-refractivity contribution in [3.63, 3.8) is 0 Å². The molecule has 0 unspecified atom stereocenters. The Morgan fingerprint density at radius 1 is 0.491 bits per heavy atom. The zero-order valence-electron chi connectivity index (χ0n) is 29.3. The number of para-hydroxylation sites is 2. The molecule has 10 aromatic rings. The van der Waals surface area contributed by atoms with E-state index in [4.69, 9.17) is 9.97 Å². The molecule has 0 atom stereocenters. The third kappa shape index (κ3) is 3.94. The lowest BCUT2D eigenvalue weighted by atomic mass is 9.67. The van der Waals surface area contributed by atoms with Crippen LogP contribution in [0.4, 0.5) is 0 Å². The molecule has 3 heteroatoms. The first kappa shape index (κ1) is 29.3. The highest BCUT2D eigenvalue weighted by Crippen LogP contribution is 2.61. The summed E-state index contributed by atoms with van der Waals surface area (Å²) < 4.78 is 2.56. The molecule has 0 saturated heterocycles. The van der Waals surface area contributed by atoms with Crippen LogP contribution < -0.4 is 0 Å². The largest absolute Gasteiger partial charge is 0.291 e. The van der Waals surface area contributed by atoms with Crippen LogP contribution in [0.2, 0.25) is 0 Å². The maximum atomic E-state index is 5.67. The van der Waals surface area contributed by atoms with Crippen LogP contribution in [0.3, 0.4) is 0 Å². The molecule has 2 aliphatic rings. The minimum atomic E-state index is -0.0816. The van der Waals surface area contributed by atoms with Gasteiger partial charge in [0.2, 0.25) is 0 Å². The van der Waals surface area contributed by atoms with Crippen LogP contribution in [0.1, 0.15) is 43.2 Å². The van der Waals surface area contributed by atoms with Crippen LogP contribution in [-0.4, -0.2) is 14.5 Å². The standard InChI is InChI=1S/C50H35N3/c1-12-28-50(29-13-1)40-21-9-8-20-38(40)43-36-18-6-7-19-37(36)44-39-27-26-32-15-4-5-17-35(32)47(39)53(48(44)45(43)50)49-46(51-41-22-10-11-23-42(41)52-49)34-25-24-31-14-2-3-16-33(31)30-34/h2-11,14-27,30H,1,12-13,28-29H2. The third-order valence-corrected chi connectivity index (χ3v) is 12.5. The number of rotatable bonds is 2. The predicted octanol–water partition coefficient (Wildman–Crippen LogP) is 13.1. The summed E-state index contributed by atoms with van der Waals surface area (Å²) in [5.41, 5.74) is 11.9. The van der Waals surface area contributed by atoms with Gasteiger partial charge in [-0.1, -0.05) is 153 Å². The van der Waals surface area contributed by atoms with E-state index in [1.165, 1.54) is 95.6 Å². The number of fused-ring (bicyclic) bond motifs is 16. The van der Waals surface area contributed by atoms with Gasteiger partial charge in [-0.05, 0) is 80.2 Å². The summed E-state index contributed by atoms with van der Waals surface area (Å²) in [5.74, 6) is 0.884. The minimum Gasteiger partial charge on any atom is -0.291 e. The molecule has 53 heavy (non-hydrogen) atoms. The van der Waals surface area contributed by atoms with Crippen LogP contribution >= 0.6 is 0 Å². The fraction of sp³-hybridized carbons (Fsp3) is 0.120. The van der Waals surface area contributed by atoms with Gasteiger partial charge >= 0.3 is 0 Å². The Bertz CT molecular complexity index is 3160. The Morgan fingerprint density at radius 3 is 2.00 bits per heavy atom. The van der Waals surface area contributed by atoms with E-state index in [9.17, 15) is 0 Å². The summed E-state index contributed by atoms with van der Waals surface area (Å²) in [5, 5.41) is 10.1. The van der Waals surface area contributed by atoms with Gasteiger partial charge in [-0.25, -0.2) is 9.97 Å². The molecule has 0 amide bonds. The third-order valence-electron chi connectivity index (χ3n) is 12.5. The lowest BCUT2D eigenvalue weighted by Gasteiger charge is -2.36. The molecule has 8 aromatic carbocycles. The summed E-state index contributed by atoms with van der Waals surface area (Å²) in [7, 11) is 0. The molecule has 0 aliphatic heterocycles. The molecule has 2 heterocycles. The van der Waals surface area contributed by atoms with Crippen LogP contribution in [-0.2, 0) is 5.41 Å². The van der Waals surface area contributed by atoms with E-state index in [0.29, 0.717) is 0 Å². The zero-order valence-corrected chi connectivity index (χ0v) is 29.3. The van der Waals surface area contributed by atoms with Gasteiger partial charge in [-0.3, -0.25) is 4.57 Å². The van der Waals surface area contributed by atoms with Crippen molar-refractivity contribution in [2.24, 2.45) is 0 Å². The lowest BCUT2D eigenvalue weighted by Crippen LogP contribution is -2.28. The fourth-order valence-electron chi connectivity index (χ4n) is 10.3. The number of hydrogen-bond acceptors (Lipinski definition) is 2. The van der Waals surface area contributed by atoms with E-state index in [0.717, 1.165) is 41.0 Å². The number of aromatic nitrogens is 3. The van der Waals surface area contributed by atoms with Gasteiger partial charge in [-0.15, -0.1) is 0 Å². The quantitative estimate of drug-likeness (QED) is 0.182. The highest BCUT2D eigenvalue weighted by Gasteiger charge is 2.47. The molecule has 12 rings (SSSR count). The number of nitrogens with zero attached hydrogens (tertiary/aromatic N) is 3. The molecule has 0 N–H and O–H groups in total. The van der Waals surface area contributed by atoms with E-state index < -0.39 is 0 Å². The molecular formula is C50H35N3. The summed E-state index contributed by atoms with van der Waals surface area (Å²) in [4.78, 5) is 11.2. The Labute approximate surface area is 307 Å². The monoisotopic (exact) mass is 677 g/mol. The topological polar surface area (TPSA) is 30.7 Å². The Kier molecular flexibility index (Phi) is 5.99. The Balaban J connectivity index is 1.35. The van der Waals surface area contributed by atoms with Crippen molar-refractivity contribution in [1.82, 2.24) is 14.5 Å². The average molecular weight is 678 g/mol. The first-order valence-electron chi connectivity index (χ1n) is 19.1. The van der Waals surface area contributed by atoms with Crippen LogP contribution in [0.15, 0.2) is 152 Å². The van der Waals surface area contributed by atoms with Gasteiger partial charge in [-0.2, -0.15) is 0 Å². The van der Waals surface area contributed by atoms with Gasteiger partial charge in [0.25, 0.3) is 0 Å². The number of hydrogen-bond donors (Lipinski definition) is 0. The normalized spacial score (nSPS) is 14.9. The molecule has 0 bridgehead atoms. The van der Waals surface area contributed by atoms with Crippen LogP contribution in [0.5, 0.6) is 0 Å². The minimum absolute atomic E-state index is 0.0816. The fourth-order valence-corrected chi connectivity index (χ4v) is 10.3. The highest BCUT2D eigenvalue weighted by atomic mass is 15.1. The van der Waals surface area contributed by atoms with Crippen molar-refractivity contribution in [1.29, 1.82) is 0 Å². The summed E-state index contributed by atoms with van der Waals surface area (Å²) in [6.07, 6.45) is 6.03. The van der Waals surface area contributed by atoms with Crippen molar-refractivity contribution in [3.8, 4) is 28.2 Å². The van der Waals surface area contributed by atoms with Gasteiger partial charge < -0.3 is 0 Å². The highest BCUT2D eigenvalue weighted by molar-refractivity contribution is 6.30. The van der Waals surface area contributed by atoms with Gasteiger partial charge in [0.05, 0.1) is 22.1 Å². The van der Waals surface area contributed by atoms with E-state index in [-0.39, 0.29) is 5.41 Å². The molecular weight excluding hydrogens is 643 g/mol. The van der Waals surface area contributed by atoms with Crippen molar-refractivity contribution >= 4 is 65.2 Å². The van der Waals surface area contributed by atoms with Crippen molar-refractivity contribution < 1.29 is 0 Å². The summed E-state index contributed by atoms with van der Waals surface area (Å²) >= 11 is 0. The SMILES string of the molecule is c1ccc2c(c1)-c1c(c3c(c4ccccc14)c1ccc4ccccc4c1n3-c1nc3ccccc3nc1-c1ccc3ccccc3c1)C21CCCCC1. The van der Waals surface area contributed by atoms with Crippen LogP contribution in [0, 0.1) is 0 Å². The Morgan fingerprint density at radius 2 is 1.15 bits per heavy atom. The van der Waals surface area contributed by atoms with Crippen LogP contribution in [0.25, 0.3) is 93.4 Å². The molecule has 2 aromatic heterocycles. The van der Waals surface area contributed by atoms with E-state index >= 15 is 0 Å². The zero-order chi connectivity index (χ0) is 34.7. The summed E-state index contributed by atoms with van der Waals surface area (Å²) in [6, 6.07) is 55.7.